The van der Waals surface area contributed by atoms with E-state index in [-0.39, 0.29) is 6.61 Å². The van der Waals surface area contributed by atoms with Gasteiger partial charge in [-0.3, -0.25) is 4.52 Å². The summed E-state index contributed by atoms with van der Waals surface area (Å²) in [5.41, 5.74) is 32.4. The predicted molar refractivity (Wildman–Crippen MR) is 531 cm³/mol. The molecular formula is C110H180O7P2. The van der Waals surface area contributed by atoms with Gasteiger partial charge in [0.1, 0.15) is 0 Å². The molecule has 0 spiro atoms. The van der Waals surface area contributed by atoms with Crippen LogP contribution in [0.25, 0.3) is 0 Å². The smallest absolute Gasteiger partial charge is 0.302 e. The molecule has 119 heavy (non-hydrogen) atoms. The highest BCUT2D eigenvalue weighted by molar-refractivity contribution is 7.60. The summed E-state index contributed by atoms with van der Waals surface area (Å²) >= 11 is 0. The largest absolute Gasteiger partial charge is 0.481 e. The molecule has 0 aromatic carbocycles. The molecule has 0 saturated carbocycles. The molecule has 0 fully saturated rings. The second kappa shape index (κ2) is 71.9. The van der Waals surface area contributed by atoms with Gasteiger partial charge in [0, 0.05) is 0 Å². The van der Waals surface area contributed by atoms with Crippen molar-refractivity contribution in [2.75, 3.05) is 6.61 Å². The molecule has 0 aliphatic heterocycles. The molecule has 0 aliphatic carbocycles. The summed E-state index contributed by atoms with van der Waals surface area (Å²) in [6.45, 7) is 51.8. The van der Waals surface area contributed by atoms with E-state index < -0.39 is 15.6 Å². The lowest BCUT2D eigenvalue weighted by Gasteiger charge is -2.11. The van der Waals surface area contributed by atoms with Gasteiger partial charge in [0.05, 0.1) is 6.61 Å². The van der Waals surface area contributed by atoms with Crippen LogP contribution in [0.1, 0.15) is 429 Å². The SMILES string of the molecule is CC(C)=CCCC(C)=CCCC(C)=CCCC(C)=CCCC(C)=CCCC(C)=CCCC(C)=CCCC(C)=CCCC(C)=CCCC(C)=CCCC(C)=CCCC(C)=CCCC(C)=CCCC(C)=CCCC(C)=CCCC(C)=CCCC(C)=CCCC(C)=CCCC(C)=CCCC(C)=CCCC(C)=CCCC(C)=CCOP(=O)(O)OP(=O)(O)O. The zero-order valence-electron chi connectivity index (χ0n) is 81.0. The Labute approximate surface area is 735 Å². The Balaban J connectivity index is 4.39. The molecule has 0 amide bonds. The molecule has 0 aromatic rings. The van der Waals surface area contributed by atoms with Crippen molar-refractivity contribution in [1.29, 1.82) is 0 Å². The first-order valence-corrected chi connectivity index (χ1v) is 49.6. The highest BCUT2D eigenvalue weighted by Gasteiger charge is 2.32. The average molecular weight is 1680 g/mol. The summed E-state index contributed by atoms with van der Waals surface area (Å²) in [6, 6.07) is 0. The minimum Gasteiger partial charge on any atom is -0.302 e. The maximum absolute atomic E-state index is 11.6. The van der Waals surface area contributed by atoms with Gasteiger partial charge in [0.2, 0.25) is 0 Å². The van der Waals surface area contributed by atoms with Crippen LogP contribution in [0.2, 0.25) is 0 Å². The van der Waals surface area contributed by atoms with E-state index in [1.807, 2.05) is 6.92 Å². The van der Waals surface area contributed by atoms with Gasteiger partial charge >= 0.3 is 15.6 Å². The van der Waals surface area contributed by atoms with Crippen LogP contribution >= 0.6 is 15.6 Å². The monoisotopic (exact) mass is 1680 g/mol. The molecule has 7 nitrogen and oxygen atoms in total. The Hall–Kier alpha value is -5.46. The molecule has 0 rings (SSSR count). The topological polar surface area (TPSA) is 113 Å². The molecule has 0 aliphatic rings. The maximum atomic E-state index is 11.6. The highest BCUT2D eigenvalue weighted by Crippen LogP contribution is 2.57. The summed E-state index contributed by atoms with van der Waals surface area (Å²) < 4.78 is 30.8. The molecule has 3 N–H and O–H groups in total. The number of rotatable bonds is 68. The summed E-state index contributed by atoms with van der Waals surface area (Å²) in [6.07, 6.45) is 99.9. The third-order valence-electron chi connectivity index (χ3n) is 22.6. The van der Waals surface area contributed by atoms with Crippen molar-refractivity contribution in [2.45, 2.75) is 429 Å². The molecule has 672 valence electrons. The molecule has 0 heterocycles. The summed E-state index contributed by atoms with van der Waals surface area (Å²) in [5, 5.41) is 0. The third-order valence-corrected chi connectivity index (χ3v) is 24.8. The van der Waals surface area contributed by atoms with Gasteiger partial charge in [0.25, 0.3) is 0 Å². The highest BCUT2D eigenvalue weighted by atomic mass is 31.3. The third kappa shape index (κ3) is 77.1. The van der Waals surface area contributed by atoms with Gasteiger partial charge in [-0.15, -0.1) is 0 Å². The van der Waals surface area contributed by atoms with Crippen LogP contribution in [-0.2, 0) is 18.0 Å². The Morgan fingerprint density at radius 2 is 0.277 bits per heavy atom. The van der Waals surface area contributed by atoms with E-state index in [1.54, 1.807) is 6.08 Å². The van der Waals surface area contributed by atoms with Crippen LogP contribution < -0.4 is 0 Å². The van der Waals surface area contributed by atoms with E-state index in [1.165, 1.54) is 149 Å². The van der Waals surface area contributed by atoms with Crippen molar-refractivity contribution in [1.82, 2.24) is 0 Å². The number of hydrogen-bond acceptors (Lipinski definition) is 4. The van der Waals surface area contributed by atoms with Crippen LogP contribution in [0.15, 0.2) is 256 Å². The van der Waals surface area contributed by atoms with Crippen LogP contribution in [0, 0.1) is 0 Å². The number of hydrogen-bond donors (Lipinski definition) is 3. The van der Waals surface area contributed by atoms with E-state index in [4.69, 9.17) is 9.79 Å². The second-order valence-corrected chi connectivity index (χ2v) is 38.8. The average Bonchev–Trinajstić information content (AvgIpc) is 0.883. The quantitative estimate of drug-likeness (QED) is 0.0411. The van der Waals surface area contributed by atoms with Crippen LogP contribution in [0.4, 0.5) is 0 Å². The summed E-state index contributed by atoms with van der Waals surface area (Å²) in [7, 11) is -9.94. The van der Waals surface area contributed by atoms with Gasteiger partial charge in [0.15, 0.2) is 0 Å². The lowest BCUT2D eigenvalue weighted by atomic mass is 10.0. The van der Waals surface area contributed by atoms with Crippen molar-refractivity contribution in [3.8, 4) is 0 Å². The lowest BCUT2D eigenvalue weighted by Crippen LogP contribution is -1.94. The summed E-state index contributed by atoms with van der Waals surface area (Å²) in [4.78, 5) is 26.8. The van der Waals surface area contributed by atoms with Gasteiger partial charge in [-0.2, -0.15) is 4.31 Å². The minimum atomic E-state index is -5.12. The van der Waals surface area contributed by atoms with E-state index in [9.17, 15) is 14.0 Å². The van der Waals surface area contributed by atoms with Crippen molar-refractivity contribution in [3.05, 3.63) is 256 Å². The fraction of sp³-hybridized carbons (Fsp3) is 0.600. The van der Waals surface area contributed by atoms with Crippen LogP contribution in [-0.4, -0.2) is 21.3 Å². The van der Waals surface area contributed by atoms with E-state index in [0.717, 1.165) is 243 Å². The molecule has 9 heteroatoms. The van der Waals surface area contributed by atoms with Crippen molar-refractivity contribution in [3.63, 3.8) is 0 Å². The van der Waals surface area contributed by atoms with Crippen LogP contribution in [0.5, 0.6) is 0 Å². The standard InChI is InChI=1S/C110H180O7P2/c1-89(2)45-24-46-90(3)47-25-48-91(4)49-26-50-92(5)51-27-52-93(6)53-28-54-94(7)55-29-56-95(8)57-30-58-96(9)59-31-60-97(10)61-32-62-98(11)63-33-64-99(12)65-34-66-100(13)67-35-68-101(14)69-36-70-102(15)71-37-72-103(16)73-38-74-104(17)75-39-76-105(18)77-40-78-106(19)79-41-80-107(20)81-42-82-108(21)83-43-84-109(22)85-44-86-110(23)87-88-116-119(114,115)117-118(111,112)113/h45,47,49,51,53,55,57,59,61,63,65,67,69,71,73,75,77,79,81,83,85,87H,24-44,46,48,50,52,54,56,58,60,62,64,66,68,70,72,74,76,78,80,82,84,86,88H2,1-23H3,(H,114,115)(H2,111,112,113). The predicted octanol–water partition coefficient (Wildman–Crippen LogP) is 37.4. The zero-order chi connectivity index (χ0) is 89.1. The van der Waals surface area contributed by atoms with Crippen molar-refractivity contribution in [2.24, 2.45) is 0 Å². The Morgan fingerprint density at radius 3 is 0.378 bits per heavy atom. The van der Waals surface area contributed by atoms with Gasteiger partial charge in [-0.1, -0.05) is 256 Å². The molecule has 1 atom stereocenters. The molecule has 0 aromatic heterocycles. The normalized spacial score (nSPS) is 15.8. The van der Waals surface area contributed by atoms with Gasteiger partial charge < -0.3 is 14.7 Å². The fourth-order valence-electron chi connectivity index (χ4n) is 14.1. The number of phosphoric acid groups is 2. The molecule has 0 saturated heterocycles. The molecule has 0 radical (unpaired) electrons. The first-order chi connectivity index (χ1) is 56.4. The first kappa shape index (κ1) is 114. The first-order valence-electron chi connectivity index (χ1n) is 46.6. The Kier molecular flexibility index (Phi) is 68.6. The van der Waals surface area contributed by atoms with Crippen LogP contribution in [0.3, 0.4) is 0 Å². The number of allylic oxidation sites excluding steroid dienone is 43. The van der Waals surface area contributed by atoms with Crippen molar-refractivity contribution >= 4 is 15.6 Å². The lowest BCUT2D eigenvalue weighted by molar-refractivity contribution is 0.191. The van der Waals surface area contributed by atoms with E-state index in [0.29, 0.717) is 0 Å². The van der Waals surface area contributed by atoms with E-state index in [2.05, 4.69) is 289 Å². The fourth-order valence-corrected chi connectivity index (χ4v) is 15.6. The second-order valence-electron chi connectivity index (χ2n) is 36.0. The summed E-state index contributed by atoms with van der Waals surface area (Å²) in [5.74, 6) is 0. The zero-order valence-corrected chi connectivity index (χ0v) is 82.8. The van der Waals surface area contributed by atoms with Crippen molar-refractivity contribution < 1.29 is 32.6 Å². The molecule has 1 unspecified atom stereocenters. The van der Waals surface area contributed by atoms with Gasteiger partial charge in [-0.05, 0) is 429 Å². The van der Waals surface area contributed by atoms with Gasteiger partial charge in [-0.25, -0.2) is 9.13 Å². The number of phosphoric ester groups is 1. The Morgan fingerprint density at radius 1 is 0.176 bits per heavy atom. The maximum Gasteiger partial charge on any atom is 0.481 e. The Bertz CT molecular complexity index is 3670. The molecular weight excluding hydrogens is 1500 g/mol. The van der Waals surface area contributed by atoms with E-state index >= 15 is 0 Å². The minimum absolute atomic E-state index is 0.277. The molecule has 0 bridgehead atoms.